The van der Waals surface area contributed by atoms with Crippen LogP contribution in [0.3, 0.4) is 0 Å². The third kappa shape index (κ3) is 1.81. The van der Waals surface area contributed by atoms with Gasteiger partial charge < -0.3 is 4.84 Å². The minimum atomic E-state index is -0.803. The number of benzene rings is 1. The van der Waals surface area contributed by atoms with Gasteiger partial charge in [-0.05, 0) is 12.2 Å². The van der Waals surface area contributed by atoms with E-state index >= 15 is 0 Å². The van der Waals surface area contributed by atoms with Gasteiger partial charge in [0.15, 0.2) is 0 Å². The lowest BCUT2D eigenvalue weighted by atomic mass is 10.1. The van der Waals surface area contributed by atoms with Crippen molar-refractivity contribution in [3.05, 3.63) is 48.0 Å². The molecule has 2 rings (SSSR count). The highest BCUT2D eigenvalue weighted by atomic mass is 17.1. The van der Waals surface area contributed by atoms with Crippen LogP contribution >= 0.6 is 0 Å². The molecule has 1 aliphatic heterocycles. The van der Waals surface area contributed by atoms with Gasteiger partial charge in [-0.2, -0.15) is 4.89 Å². The summed E-state index contributed by atoms with van der Waals surface area (Å²) >= 11 is 0. The highest BCUT2D eigenvalue weighted by Gasteiger charge is 2.11. The molecular formula is C10H9NO3. The van der Waals surface area contributed by atoms with Crippen molar-refractivity contribution in [2.75, 3.05) is 0 Å². The van der Waals surface area contributed by atoms with Crippen molar-refractivity contribution in [2.24, 2.45) is 5.16 Å². The van der Waals surface area contributed by atoms with E-state index < -0.39 is 6.29 Å². The number of oxime groups is 1. The summed E-state index contributed by atoms with van der Waals surface area (Å²) in [5.41, 5.74) is 1.67. The molecule has 0 aliphatic carbocycles. The van der Waals surface area contributed by atoms with Crippen LogP contribution in [0.25, 0.3) is 0 Å². The molecule has 0 spiro atoms. The summed E-state index contributed by atoms with van der Waals surface area (Å²) in [4.78, 5) is 8.78. The summed E-state index contributed by atoms with van der Waals surface area (Å²) in [6.07, 6.45) is 2.51. The highest BCUT2D eigenvalue weighted by Crippen LogP contribution is 2.09. The molecule has 72 valence electrons. The smallest absolute Gasteiger partial charge is 0.275 e. The molecule has 1 aromatic carbocycles. The maximum absolute atomic E-state index is 8.30. The molecule has 1 heterocycles. The molecule has 1 aromatic rings. The van der Waals surface area contributed by atoms with Gasteiger partial charge in [0.1, 0.15) is 5.71 Å². The summed E-state index contributed by atoms with van der Waals surface area (Å²) in [6, 6.07) is 9.61. The zero-order valence-electron chi connectivity index (χ0n) is 7.33. The Morgan fingerprint density at radius 1 is 1.29 bits per heavy atom. The van der Waals surface area contributed by atoms with E-state index in [4.69, 9.17) is 10.1 Å². The van der Waals surface area contributed by atoms with E-state index in [1.807, 2.05) is 30.3 Å². The minimum Gasteiger partial charge on any atom is -0.356 e. The van der Waals surface area contributed by atoms with Gasteiger partial charge in [-0.15, -0.1) is 0 Å². The molecule has 1 unspecified atom stereocenters. The lowest BCUT2D eigenvalue weighted by Crippen LogP contribution is -2.15. The van der Waals surface area contributed by atoms with Gasteiger partial charge >= 0.3 is 0 Å². The van der Waals surface area contributed by atoms with E-state index in [9.17, 15) is 0 Å². The molecule has 0 saturated carbocycles. The van der Waals surface area contributed by atoms with Gasteiger partial charge in [0.05, 0.1) is 0 Å². The van der Waals surface area contributed by atoms with Gasteiger partial charge in [-0.25, -0.2) is 5.26 Å². The van der Waals surface area contributed by atoms with Crippen molar-refractivity contribution in [3.8, 4) is 0 Å². The van der Waals surface area contributed by atoms with E-state index in [-0.39, 0.29) is 0 Å². The quantitative estimate of drug-likeness (QED) is 0.572. The molecule has 0 bridgehead atoms. The molecule has 0 amide bonds. The first-order chi connectivity index (χ1) is 6.90. The maximum atomic E-state index is 8.30. The van der Waals surface area contributed by atoms with Gasteiger partial charge in [0, 0.05) is 5.56 Å². The van der Waals surface area contributed by atoms with E-state index in [0.717, 1.165) is 5.56 Å². The summed E-state index contributed by atoms with van der Waals surface area (Å²) < 4.78 is 0. The Labute approximate surface area is 81.0 Å². The van der Waals surface area contributed by atoms with Crippen LogP contribution in [-0.2, 0) is 9.73 Å². The second kappa shape index (κ2) is 4.04. The molecule has 4 heteroatoms. The average molecular weight is 191 g/mol. The van der Waals surface area contributed by atoms with Crippen molar-refractivity contribution < 1.29 is 15.0 Å². The zero-order valence-corrected chi connectivity index (χ0v) is 7.33. The number of hydrogen-bond donors (Lipinski definition) is 1. The molecule has 14 heavy (non-hydrogen) atoms. The second-order valence-electron chi connectivity index (χ2n) is 2.78. The molecule has 0 radical (unpaired) electrons. The largest absolute Gasteiger partial charge is 0.356 e. The molecular weight excluding hydrogens is 182 g/mol. The zero-order chi connectivity index (χ0) is 9.80. The van der Waals surface area contributed by atoms with Gasteiger partial charge in [-0.3, -0.25) is 0 Å². The summed E-state index contributed by atoms with van der Waals surface area (Å²) in [5, 5.41) is 12.1. The lowest BCUT2D eigenvalue weighted by Gasteiger charge is -2.12. The van der Waals surface area contributed by atoms with Crippen LogP contribution in [0.5, 0.6) is 0 Å². The Hall–Kier alpha value is -1.65. The average Bonchev–Trinajstić information content (AvgIpc) is 2.30. The Bertz CT molecular complexity index is 359. The van der Waals surface area contributed by atoms with E-state index in [2.05, 4.69) is 10.0 Å². The fraction of sp³-hybridized carbons (Fsp3) is 0.100. The van der Waals surface area contributed by atoms with E-state index in [1.54, 1.807) is 12.2 Å². The predicted octanol–water partition coefficient (Wildman–Crippen LogP) is 1.79. The van der Waals surface area contributed by atoms with E-state index in [0.29, 0.717) is 5.71 Å². The van der Waals surface area contributed by atoms with E-state index in [1.165, 1.54) is 0 Å². The molecule has 1 aliphatic rings. The molecule has 1 N–H and O–H groups in total. The molecule has 0 fully saturated rings. The monoisotopic (exact) mass is 191 g/mol. The van der Waals surface area contributed by atoms with Crippen LogP contribution < -0.4 is 0 Å². The minimum absolute atomic E-state index is 0.707. The molecule has 1 atom stereocenters. The Kier molecular flexibility index (Phi) is 2.58. The third-order valence-electron chi connectivity index (χ3n) is 1.84. The maximum Gasteiger partial charge on any atom is 0.275 e. The predicted molar refractivity (Wildman–Crippen MR) is 50.7 cm³/mol. The first-order valence-electron chi connectivity index (χ1n) is 4.18. The van der Waals surface area contributed by atoms with Crippen LogP contribution in [0.4, 0.5) is 0 Å². The number of allylic oxidation sites excluding steroid dienone is 1. The standard InChI is InChI=1S/C10H9NO3/c12-14-10-7-6-9(11-13-10)8-4-2-1-3-5-8/h1-7,10,12H. The number of rotatable bonds is 2. The normalized spacial score (nSPS) is 20.1. The number of hydrogen-bond acceptors (Lipinski definition) is 4. The van der Waals surface area contributed by atoms with Gasteiger partial charge in [0.25, 0.3) is 6.29 Å². The van der Waals surface area contributed by atoms with Crippen LogP contribution in [0.2, 0.25) is 0 Å². The van der Waals surface area contributed by atoms with Crippen molar-refractivity contribution in [2.45, 2.75) is 6.29 Å². The second-order valence-corrected chi connectivity index (χ2v) is 2.78. The molecule has 0 saturated heterocycles. The Morgan fingerprint density at radius 2 is 2.07 bits per heavy atom. The van der Waals surface area contributed by atoms with Crippen molar-refractivity contribution >= 4 is 5.71 Å². The SMILES string of the molecule is OOC1C=CC(c2ccccc2)=NO1. The van der Waals surface area contributed by atoms with Crippen molar-refractivity contribution in [1.82, 2.24) is 0 Å². The van der Waals surface area contributed by atoms with Crippen molar-refractivity contribution in [3.63, 3.8) is 0 Å². The van der Waals surface area contributed by atoms with Gasteiger partial charge in [-0.1, -0.05) is 35.5 Å². The molecule has 4 nitrogen and oxygen atoms in total. The summed E-state index contributed by atoms with van der Waals surface area (Å²) in [7, 11) is 0. The fourth-order valence-electron chi connectivity index (χ4n) is 1.16. The van der Waals surface area contributed by atoms with Crippen LogP contribution in [0.1, 0.15) is 5.56 Å². The Morgan fingerprint density at radius 3 is 2.64 bits per heavy atom. The van der Waals surface area contributed by atoms with Crippen LogP contribution in [-0.4, -0.2) is 17.3 Å². The third-order valence-corrected chi connectivity index (χ3v) is 1.84. The van der Waals surface area contributed by atoms with Crippen molar-refractivity contribution in [1.29, 1.82) is 0 Å². The number of nitrogens with zero attached hydrogens (tertiary/aromatic N) is 1. The van der Waals surface area contributed by atoms with Crippen LogP contribution in [0, 0.1) is 0 Å². The summed E-state index contributed by atoms with van der Waals surface area (Å²) in [6.45, 7) is 0. The first-order valence-corrected chi connectivity index (χ1v) is 4.18. The lowest BCUT2D eigenvalue weighted by molar-refractivity contribution is -0.330. The summed E-state index contributed by atoms with van der Waals surface area (Å²) in [5.74, 6) is 0. The molecule has 0 aromatic heterocycles. The first kappa shape index (κ1) is 8.93. The fourth-order valence-corrected chi connectivity index (χ4v) is 1.16. The van der Waals surface area contributed by atoms with Crippen LogP contribution in [0.15, 0.2) is 47.6 Å². The Balaban J connectivity index is 2.16. The highest BCUT2D eigenvalue weighted by molar-refractivity contribution is 6.08. The topological polar surface area (TPSA) is 51.0 Å². The van der Waals surface area contributed by atoms with Gasteiger partial charge in [0.2, 0.25) is 0 Å².